The molecule has 0 bridgehead atoms. The van der Waals surface area contributed by atoms with E-state index in [-0.39, 0.29) is 29.2 Å². The van der Waals surface area contributed by atoms with Crippen molar-refractivity contribution in [2.24, 2.45) is 0 Å². The highest BCUT2D eigenvalue weighted by Gasteiger charge is 2.23. The lowest BCUT2D eigenvalue weighted by molar-refractivity contribution is 0.0939. The monoisotopic (exact) mass is 470 g/mol. The molecule has 1 amide bonds. The molecule has 0 aliphatic carbocycles. The number of hydrogen-bond acceptors (Lipinski definition) is 4. The first-order chi connectivity index (χ1) is 15.6. The van der Waals surface area contributed by atoms with Crippen molar-refractivity contribution in [2.45, 2.75) is 31.3 Å². The molecule has 0 heterocycles. The summed E-state index contributed by atoms with van der Waals surface area (Å²) in [6.45, 7) is 3.71. The van der Waals surface area contributed by atoms with Crippen molar-refractivity contribution in [1.29, 1.82) is 0 Å². The van der Waals surface area contributed by atoms with Crippen molar-refractivity contribution in [3.63, 3.8) is 0 Å². The fraction of sp³-hybridized carbons (Fsp3) is 0.240. The quantitative estimate of drug-likeness (QED) is 0.528. The van der Waals surface area contributed by atoms with Gasteiger partial charge in [-0.1, -0.05) is 29.8 Å². The van der Waals surface area contributed by atoms with Crippen LogP contribution in [0.1, 0.15) is 40.0 Å². The first-order valence-corrected chi connectivity index (χ1v) is 11.8. The maximum absolute atomic E-state index is 13.2. The van der Waals surface area contributed by atoms with E-state index >= 15 is 0 Å². The number of nitrogens with one attached hydrogen (secondary N) is 1. The third kappa shape index (κ3) is 5.77. The molecule has 3 rings (SSSR count). The Morgan fingerprint density at radius 1 is 1.06 bits per heavy atom. The van der Waals surface area contributed by atoms with Crippen molar-refractivity contribution in [1.82, 2.24) is 9.62 Å². The molecular formula is C25H27FN2O4S. The summed E-state index contributed by atoms with van der Waals surface area (Å²) in [7, 11) is -0.750. The Morgan fingerprint density at radius 2 is 1.70 bits per heavy atom. The molecule has 3 aromatic rings. The van der Waals surface area contributed by atoms with Crippen LogP contribution in [0.5, 0.6) is 5.75 Å². The predicted octanol–water partition coefficient (Wildman–Crippen LogP) is 4.45. The Hall–Kier alpha value is -3.23. The summed E-state index contributed by atoms with van der Waals surface area (Å²) >= 11 is 0. The van der Waals surface area contributed by atoms with Gasteiger partial charge < -0.3 is 10.1 Å². The van der Waals surface area contributed by atoms with Crippen LogP contribution in [-0.4, -0.2) is 32.8 Å². The number of halogens is 1. The lowest BCUT2D eigenvalue weighted by Crippen LogP contribution is -2.28. The van der Waals surface area contributed by atoms with Crippen molar-refractivity contribution in [3.8, 4) is 5.75 Å². The smallest absolute Gasteiger partial charge is 0.251 e. The van der Waals surface area contributed by atoms with E-state index in [1.54, 1.807) is 61.5 Å². The van der Waals surface area contributed by atoms with Gasteiger partial charge >= 0.3 is 0 Å². The lowest BCUT2D eigenvalue weighted by atomic mass is 10.1. The molecule has 8 heteroatoms. The summed E-state index contributed by atoms with van der Waals surface area (Å²) < 4.78 is 45.7. The number of ether oxygens (including phenoxy) is 1. The summed E-state index contributed by atoms with van der Waals surface area (Å²) in [6, 6.07) is 17.1. The van der Waals surface area contributed by atoms with Crippen molar-refractivity contribution < 1.29 is 22.3 Å². The highest BCUT2D eigenvalue weighted by molar-refractivity contribution is 7.89. The van der Waals surface area contributed by atoms with Gasteiger partial charge in [0.25, 0.3) is 5.91 Å². The second-order valence-electron chi connectivity index (χ2n) is 7.85. The number of sulfonamides is 1. The minimum absolute atomic E-state index is 0.0218. The number of benzene rings is 3. The van der Waals surface area contributed by atoms with Crippen molar-refractivity contribution in [3.05, 3.63) is 94.8 Å². The zero-order chi connectivity index (χ0) is 24.2. The molecular weight excluding hydrogens is 443 g/mol. The number of nitrogens with zero attached hydrogens (tertiary/aromatic N) is 1. The number of methoxy groups -OCH3 is 1. The number of carbonyl (C=O) groups is 1. The van der Waals surface area contributed by atoms with Crippen LogP contribution < -0.4 is 10.1 Å². The molecule has 0 saturated heterocycles. The second kappa shape index (κ2) is 10.1. The summed E-state index contributed by atoms with van der Waals surface area (Å²) in [5.74, 6) is -0.203. The van der Waals surface area contributed by atoms with E-state index in [0.29, 0.717) is 16.9 Å². The molecule has 6 nitrogen and oxygen atoms in total. The topological polar surface area (TPSA) is 75.7 Å². The molecule has 0 saturated carbocycles. The van der Waals surface area contributed by atoms with Gasteiger partial charge in [0, 0.05) is 24.7 Å². The molecule has 0 aliphatic rings. The molecule has 3 aromatic carbocycles. The van der Waals surface area contributed by atoms with Crippen LogP contribution in [0.25, 0.3) is 0 Å². The SMILES string of the molecule is COc1ccc(C(=O)NC(C)c2ccc(F)cc2)cc1CN(C)S(=O)(=O)c1ccc(C)cc1. The van der Waals surface area contributed by atoms with Crippen LogP contribution in [0.15, 0.2) is 71.6 Å². The third-order valence-corrected chi connectivity index (χ3v) is 7.20. The zero-order valence-corrected chi connectivity index (χ0v) is 19.8. The molecule has 0 radical (unpaired) electrons. The summed E-state index contributed by atoms with van der Waals surface area (Å²) in [6.07, 6.45) is 0. The maximum Gasteiger partial charge on any atom is 0.251 e. The van der Waals surface area contributed by atoms with E-state index in [0.717, 1.165) is 11.1 Å². The van der Waals surface area contributed by atoms with Crippen LogP contribution in [-0.2, 0) is 16.6 Å². The first kappa shape index (κ1) is 24.4. The lowest BCUT2D eigenvalue weighted by Gasteiger charge is -2.20. The Kier molecular flexibility index (Phi) is 7.50. The fourth-order valence-corrected chi connectivity index (χ4v) is 4.52. The van der Waals surface area contributed by atoms with E-state index in [1.807, 2.05) is 6.92 Å². The molecule has 0 aliphatic heterocycles. The fourth-order valence-electron chi connectivity index (χ4n) is 3.37. The highest BCUT2D eigenvalue weighted by Crippen LogP contribution is 2.25. The molecule has 0 fully saturated rings. The van der Waals surface area contributed by atoms with Crippen LogP contribution in [0.3, 0.4) is 0 Å². The van der Waals surface area contributed by atoms with Gasteiger partial charge in [0.2, 0.25) is 10.0 Å². The van der Waals surface area contributed by atoms with E-state index in [9.17, 15) is 17.6 Å². The van der Waals surface area contributed by atoms with Gasteiger partial charge in [-0.15, -0.1) is 0 Å². The van der Waals surface area contributed by atoms with E-state index < -0.39 is 10.0 Å². The largest absolute Gasteiger partial charge is 0.496 e. The number of aryl methyl sites for hydroxylation is 1. The normalized spacial score (nSPS) is 12.4. The molecule has 174 valence electrons. The molecule has 1 atom stereocenters. The van der Waals surface area contributed by atoms with Gasteiger partial charge in [-0.05, 0) is 61.9 Å². The number of carbonyl (C=O) groups excluding carboxylic acids is 1. The number of hydrogen-bond donors (Lipinski definition) is 1. The van der Waals surface area contributed by atoms with Gasteiger partial charge in [0.15, 0.2) is 0 Å². The molecule has 1 unspecified atom stereocenters. The molecule has 33 heavy (non-hydrogen) atoms. The average Bonchev–Trinajstić information content (AvgIpc) is 2.79. The summed E-state index contributed by atoms with van der Waals surface area (Å²) in [5, 5.41) is 2.88. The second-order valence-corrected chi connectivity index (χ2v) is 9.89. The van der Waals surface area contributed by atoms with Crippen molar-refractivity contribution in [2.75, 3.05) is 14.2 Å². The minimum atomic E-state index is -3.72. The van der Waals surface area contributed by atoms with Crippen LogP contribution in [0.4, 0.5) is 4.39 Å². The van der Waals surface area contributed by atoms with Crippen LogP contribution >= 0.6 is 0 Å². The molecule has 0 aromatic heterocycles. The Bertz CT molecular complexity index is 1230. The Morgan fingerprint density at radius 3 is 2.30 bits per heavy atom. The first-order valence-electron chi connectivity index (χ1n) is 10.4. The van der Waals surface area contributed by atoms with Crippen molar-refractivity contribution >= 4 is 15.9 Å². The van der Waals surface area contributed by atoms with Crippen LogP contribution in [0.2, 0.25) is 0 Å². The van der Waals surface area contributed by atoms with Gasteiger partial charge in [-0.2, -0.15) is 4.31 Å². The van der Waals surface area contributed by atoms with E-state index in [4.69, 9.17) is 4.74 Å². The van der Waals surface area contributed by atoms with Gasteiger partial charge in [0.1, 0.15) is 11.6 Å². The van der Waals surface area contributed by atoms with Gasteiger partial charge in [0.05, 0.1) is 18.0 Å². The minimum Gasteiger partial charge on any atom is -0.496 e. The Labute approximate surface area is 194 Å². The maximum atomic E-state index is 13.2. The van der Waals surface area contributed by atoms with Crippen LogP contribution in [0, 0.1) is 12.7 Å². The number of amides is 1. The summed E-state index contributed by atoms with van der Waals surface area (Å²) in [4.78, 5) is 13.0. The van der Waals surface area contributed by atoms with E-state index in [1.165, 1.54) is 30.6 Å². The zero-order valence-electron chi connectivity index (χ0n) is 19.0. The molecule has 0 spiro atoms. The average molecular weight is 471 g/mol. The third-order valence-electron chi connectivity index (χ3n) is 5.38. The number of rotatable bonds is 8. The predicted molar refractivity (Wildman–Crippen MR) is 125 cm³/mol. The summed E-state index contributed by atoms with van der Waals surface area (Å²) in [5.41, 5.74) is 2.65. The van der Waals surface area contributed by atoms with E-state index in [2.05, 4.69) is 5.32 Å². The van der Waals surface area contributed by atoms with Gasteiger partial charge in [-0.25, -0.2) is 12.8 Å². The highest BCUT2D eigenvalue weighted by atomic mass is 32.2. The standard InChI is InChI=1S/C25H27FN2O4S/c1-17-5-12-23(13-6-17)33(30,31)28(3)16-21-15-20(9-14-24(21)32-4)25(29)27-18(2)19-7-10-22(26)11-8-19/h5-15,18H,16H2,1-4H3,(H,27,29). The Balaban J connectivity index is 1.80. The molecule has 1 N–H and O–H groups in total. The van der Waals surface area contributed by atoms with Gasteiger partial charge in [-0.3, -0.25) is 4.79 Å².